The molecule has 3 aliphatic rings. The van der Waals surface area contributed by atoms with Crippen LogP contribution < -0.4 is 4.90 Å². The van der Waals surface area contributed by atoms with Gasteiger partial charge in [-0.2, -0.15) is 4.31 Å². The Bertz CT molecular complexity index is 1030. The number of amides is 2. The van der Waals surface area contributed by atoms with E-state index in [-0.39, 0.29) is 35.2 Å². The van der Waals surface area contributed by atoms with Crippen LogP contribution >= 0.6 is 15.9 Å². The normalized spacial score (nSPS) is 24.1. The Hall–Kier alpha value is -1.45. The highest BCUT2D eigenvalue weighted by Crippen LogP contribution is 2.38. The maximum Gasteiger partial charge on any atom is 0.244 e. The number of rotatable bonds is 5. The summed E-state index contributed by atoms with van der Waals surface area (Å²) >= 11 is 3.47. The largest absolute Gasteiger partial charge is 0.339 e. The van der Waals surface area contributed by atoms with Gasteiger partial charge in [-0.15, -0.1) is 0 Å². The summed E-state index contributed by atoms with van der Waals surface area (Å²) in [7, 11) is -3.81. The molecule has 2 unspecified atom stereocenters. The number of hydrogen-bond acceptors (Lipinski definition) is 4. The maximum absolute atomic E-state index is 13.7. The lowest BCUT2D eigenvalue weighted by atomic mass is 9.93. The topological polar surface area (TPSA) is 78.0 Å². The van der Waals surface area contributed by atoms with Crippen molar-refractivity contribution < 1.29 is 18.0 Å². The first-order chi connectivity index (χ1) is 15.8. The number of carbonyl (C=O) groups is 2. The molecule has 0 N–H and O–H groups in total. The van der Waals surface area contributed by atoms with Crippen molar-refractivity contribution in [3.05, 3.63) is 22.2 Å². The van der Waals surface area contributed by atoms with Gasteiger partial charge in [0, 0.05) is 48.8 Å². The van der Waals surface area contributed by atoms with Gasteiger partial charge < -0.3 is 9.80 Å². The lowest BCUT2D eigenvalue weighted by Gasteiger charge is -2.40. The Morgan fingerprint density at radius 1 is 1.06 bits per heavy atom. The van der Waals surface area contributed by atoms with E-state index in [1.165, 1.54) is 4.31 Å². The van der Waals surface area contributed by atoms with E-state index in [1.54, 1.807) is 11.0 Å². The average molecular weight is 541 g/mol. The number of piperidine rings is 2. The van der Waals surface area contributed by atoms with Crippen molar-refractivity contribution in [3.63, 3.8) is 0 Å². The van der Waals surface area contributed by atoms with Gasteiger partial charge in [0.2, 0.25) is 21.8 Å². The standard InChI is InChI=1S/C24H34BrN3O4S/c1-3-19-9-5-6-12-27(19)24(30)18-8-7-11-26(16-18)33(31,32)22-15-21-17(14-20(22)25)10-13-28(21)23(29)4-2/h14-15,18-19H,3-13,16H2,1-2H3. The average Bonchev–Trinajstić information content (AvgIpc) is 3.25. The fourth-order valence-electron chi connectivity index (χ4n) is 5.49. The summed E-state index contributed by atoms with van der Waals surface area (Å²) in [4.78, 5) is 29.6. The number of likely N-dealkylation sites (tertiary alicyclic amines) is 1. The molecule has 0 saturated carbocycles. The summed E-state index contributed by atoms with van der Waals surface area (Å²) in [6, 6.07) is 3.74. The third-order valence-corrected chi connectivity index (χ3v) is 10.2. The van der Waals surface area contributed by atoms with Gasteiger partial charge in [-0.3, -0.25) is 9.59 Å². The van der Waals surface area contributed by atoms with E-state index >= 15 is 0 Å². The zero-order valence-corrected chi connectivity index (χ0v) is 22.0. The Morgan fingerprint density at radius 3 is 2.58 bits per heavy atom. The molecule has 2 amide bonds. The van der Waals surface area contributed by atoms with Gasteiger partial charge in [-0.05, 0) is 78.6 Å². The summed E-state index contributed by atoms with van der Waals surface area (Å²) in [5, 5.41) is 0. The predicted molar refractivity (Wildman–Crippen MR) is 132 cm³/mol. The third kappa shape index (κ3) is 4.73. The Morgan fingerprint density at radius 2 is 1.85 bits per heavy atom. The number of hydrogen-bond donors (Lipinski definition) is 0. The lowest BCUT2D eigenvalue weighted by molar-refractivity contribution is -0.140. The first-order valence-corrected chi connectivity index (χ1v) is 14.4. The molecule has 4 rings (SSSR count). The van der Waals surface area contributed by atoms with E-state index in [4.69, 9.17) is 0 Å². The molecule has 2 atom stereocenters. The van der Waals surface area contributed by atoms with Crippen LogP contribution in [0, 0.1) is 5.92 Å². The third-order valence-electron chi connectivity index (χ3n) is 7.36. The molecule has 2 fully saturated rings. The second kappa shape index (κ2) is 10.0. The van der Waals surface area contributed by atoms with Gasteiger partial charge in [-0.25, -0.2) is 8.42 Å². The van der Waals surface area contributed by atoms with Crippen LogP contribution in [-0.2, 0) is 26.0 Å². The monoisotopic (exact) mass is 539 g/mol. The van der Waals surface area contributed by atoms with Crippen LogP contribution in [0.2, 0.25) is 0 Å². The first-order valence-electron chi connectivity index (χ1n) is 12.2. The van der Waals surface area contributed by atoms with Crippen LogP contribution in [0.15, 0.2) is 21.5 Å². The SMILES string of the molecule is CCC(=O)N1CCc2cc(Br)c(S(=O)(=O)N3CCCC(C(=O)N4CCCCC4CC)C3)cc21. The first kappa shape index (κ1) is 24.7. The summed E-state index contributed by atoms with van der Waals surface area (Å²) in [5.74, 6) is -0.198. The van der Waals surface area contributed by atoms with E-state index < -0.39 is 10.0 Å². The molecule has 0 radical (unpaired) electrons. The van der Waals surface area contributed by atoms with Crippen LogP contribution in [-0.4, -0.2) is 61.7 Å². The highest BCUT2D eigenvalue weighted by atomic mass is 79.9. The summed E-state index contributed by atoms with van der Waals surface area (Å²) in [5.41, 5.74) is 1.66. The number of benzene rings is 1. The van der Waals surface area contributed by atoms with Crippen molar-refractivity contribution in [1.29, 1.82) is 0 Å². The number of fused-ring (bicyclic) bond motifs is 1. The van der Waals surface area contributed by atoms with Crippen molar-refractivity contribution in [3.8, 4) is 0 Å². The summed E-state index contributed by atoms with van der Waals surface area (Å²) in [6.45, 7) is 5.91. The van der Waals surface area contributed by atoms with E-state index in [0.717, 1.165) is 44.2 Å². The fourth-order valence-corrected chi connectivity index (χ4v) is 8.08. The van der Waals surface area contributed by atoms with Crippen LogP contribution in [0.5, 0.6) is 0 Å². The lowest BCUT2D eigenvalue weighted by Crippen LogP contribution is -2.50. The highest BCUT2D eigenvalue weighted by Gasteiger charge is 2.38. The number of nitrogens with zero attached hydrogens (tertiary/aromatic N) is 3. The molecular weight excluding hydrogens is 506 g/mol. The molecule has 182 valence electrons. The molecule has 2 saturated heterocycles. The van der Waals surface area contributed by atoms with Crippen LogP contribution in [0.25, 0.3) is 0 Å². The molecule has 0 aliphatic carbocycles. The minimum absolute atomic E-state index is 0.00457. The second-order valence-corrected chi connectivity index (χ2v) is 12.1. The Balaban J connectivity index is 1.58. The van der Waals surface area contributed by atoms with Crippen LogP contribution in [0.3, 0.4) is 0 Å². The Kier molecular flexibility index (Phi) is 7.50. The molecule has 3 aliphatic heterocycles. The summed E-state index contributed by atoms with van der Waals surface area (Å²) in [6.07, 6.45) is 6.63. The minimum atomic E-state index is -3.81. The van der Waals surface area contributed by atoms with Gasteiger partial charge in [0.1, 0.15) is 0 Å². The second-order valence-electron chi connectivity index (χ2n) is 9.35. The molecule has 9 heteroatoms. The van der Waals surface area contributed by atoms with Crippen molar-refractivity contribution >= 4 is 43.5 Å². The molecule has 33 heavy (non-hydrogen) atoms. The summed E-state index contributed by atoms with van der Waals surface area (Å²) < 4.78 is 29.4. The molecule has 3 heterocycles. The number of carbonyl (C=O) groups excluding carboxylic acids is 2. The number of halogens is 1. The fraction of sp³-hybridized carbons (Fsp3) is 0.667. The molecular formula is C24H34BrN3O4S. The predicted octanol–water partition coefficient (Wildman–Crippen LogP) is 3.94. The van der Waals surface area contributed by atoms with E-state index in [0.29, 0.717) is 42.5 Å². The minimum Gasteiger partial charge on any atom is -0.339 e. The van der Waals surface area contributed by atoms with Gasteiger partial charge in [0.25, 0.3) is 0 Å². The van der Waals surface area contributed by atoms with Crippen molar-refractivity contribution in [2.75, 3.05) is 31.1 Å². The van der Waals surface area contributed by atoms with E-state index in [1.807, 2.05) is 17.9 Å². The van der Waals surface area contributed by atoms with Gasteiger partial charge >= 0.3 is 0 Å². The zero-order valence-electron chi connectivity index (χ0n) is 19.6. The van der Waals surface area contributed by atoms with Crippen molar-refractivity contribution in [1.82, 2.24) is 9.21 Å². The van der Waals surface area contributed by atoms with E-state index in [2.05, 4.69) is 22.9 Å². The highest BCUT2D eigenvalue weighted by molar-refractivity contribution is 9.10. The van der Waals surface area contributed by atoms with Gasteiger partial charge in [-0.1, -0.05) is 13.8 Å². The zero-order chi connectivity index (χ0) is 23.8. The molecule has 0 bridgehead atoms. The maximum atomic E-state index is 13.7. The van der Waals surface area contributed by atoms with Crippen molar-refractivity contribution in [2.24, 2.45) is 5.92 Å². The van der Waals surface area contributed by atoms with E-state index in [9.17, 15) is 18.0 Å². The Labute approximate surface area is 205 Å². The number of anilines is 1. The van der Waals surface area contributed by atoms with Gasteiger partial charge in [0.15, 0.2) is 0 Å². The molecule has 1 aromatic carbocycles. The molecule has 0 aromatic heterocycles. The quantitative estimate of drug-likeness (QED) is 0.567. The molecule has 0 spiro atoms. The van der Waals surface area contributed by atoms with Crippen molar-refractivity contribution in [2.45, 2.75) is 76.2 Å². The van der Waals surface area contributed by atoms with Crippen LogP contribution in [0.4, 0.5) is 5.69 Å². The van der Waals surface area contributed by atoms with Crippen LogP contribution in [0.1, 0.15) is 64.4 Å². The number of sulfonamides is 1. The molecule has 1 aromatic rings. The molecule has 7 nitrogen and oxygen atoms in total. The smallest absolute Gasteiger partial charge is 0.244 e. The van der Waals surface area contributed by atoms with Gasteiger partial charge in [0.05, 0.1) is 10.8 Å².